The van der Waals surface area contributed by atoms with Crippen LogP contribution in [0, 0.1) is 0 Å². The van der Waals surface area contributed by atoms with Crippen molar-refractivity contribution in [1.82, 2.24) is 4.72 Å². The summed E-state index contributed by atoms with van der Waals surface area (Å²) in [4.78, 5) is 0. The van der Waals surface area contributed by atoms with Gasteiger partial charge >= 0.3 is 0 Å². The summed E-state index contributed by atoms with van der Waals surface area (Å²) in [5.74, 6) is -0.218. The molecule has 3 nitrogen and oxygen atoms in total. The molecule has 1 aliphatic rings. The second kappa shape index (κ2) is 6.81. The minimum atomic E-state index is -3.54. The van der Waals surface area contributed by atoms with Crippen molar-refractivity contribution in [3.8, 4) is 0 Å². The lowest BCUT2D eigenvalue weighted by atomic mass is 9.88. The lowest BCUT2D eigenvalue weighted by Crippen LogP contribution is -2.32. The Bertz CT molecular complexity index is 801. The van der Waals surface area contributed by atoms with Gasteiger partial charge in [-0.3, -0.25) is 0 Å². The molecule has 0 heterocycles. The van der Waals surface area contributed by atoms with E-state index in [1.54, 1.807) is 18.2 Å². The number of fused-ring (bicyclic) bond motifs is 1. The van der Waals surface area contributed by atoms with Crippen LogP contribution in [0.2, 0.25) is 10.0 Å². The first-order valence-electron chi connectivity index (χ1n) is 7.47. The summed E-state index contributed by atoms with van der Waals surface area (Å²) in [6, 6.07) is 12.8. The summed E-state index contributed by atoms with van der Waals surface area (Å²) < 4.78 is 27.9. The van der Waals surface area contributed by atoms with Crippen molar-refractivity contribution in [3.05, 3.63) is 69.2 Å². The molecule has 0 saturated carbocycles. The molecule has 2 aromatic carbocycles. The predicted octanol–water partition coefficient (Wildman–Crippen LogP) is 4.49. The van der Waals surface area contributed by atoms with E-state index in [4.69, 9.17) is 23.2 Å². The molecule has 0 unspecified atom stereocenters. The zero-order valence-corrected chi connectivity index (χ0v) is 14.8. The molecular formula is C17H17Cl2NO2S. The number of aryl methyl sites for hydroxylation is 1. The number of rotatable bonds is 4. The van der Waals surface area contributed by atoms with Crippen molar-refractivity contribution >= 4 is 33.2 Å². The molecule has 2 aromatic rings. The average Bonchev–Trinajstić information content (AvgIpc) is 2.51. The molecule has 0 fully saturated rings. The molecule has 122 valence electrons. The maximum atomic E-state index is 12.6. The van der Waals surface area contributed by atoms with Crippen molar-refractivity contribution in [2.75, 3.05) is 0 Å². The van der Waals surface area contributed by atoms with Crippen molar-refractivity contribution in [2.45, 2.75) is 31.1 Å². The highest BCUT2D eigenvalue weighted by atomic mass is 35.5. The van der Waals surface area contributed by atoms with Crippen molar-refractivity contribution < 1.29 is 8.42 Å². The lowest BCUT2D eigenvalue weighted by molar-refractivity contribution is 0.507. The topological polar surface area (TPSA) is 46.2 Å². The number of benzene rings is 2. The molecule has 0 spiro atoms. The third-order valence-corrected chi connectivity index (χ3v) is 6.11. The molecule has 6 heteroatoms. The summed E-state index contributed by atoms with van der Waals surface area (Å²) in [6.07, 6.45) is 2.76. The van der Waals surface area contributed by atoms with Gasteiger partial charge in [0, 0.05) is 21.7 Å². The fourth-order valence-electron chi connectivity index (χ4n) is 3.00. The third kappa shape index (κ3) is 3.89. The molecule has 3 rings (SSSR count). The molecule has 0 radical (unpaired) electrons. The van der Waals surface area contributed by atoms with Crippen LogP contribution in [0.25, 0.3) is 0 Å². The smallest absolute Gasteiger partial charge is 0.212 e. The van der Waals surface area contributed by atoms with E-state index in [1.807, 2.05) is 18.2 Å². The van der Waals surface area contributed by atoms with Gasteiger partial charge in [0.2, 0.25) is 10.0 Å². The highest BCUT2D eigenvalue weighted by Gasteiger charge is 2.25. The Morgan fingerprint density at radius 1 is 1.04 bits per heavy atom. The summed E-state index contributed by atoms with van der Waals surface area (Å²) in [6.45, 7) is 0. The second-order valence-corrected chi connectivity index (χ2v) is 8.29. The van der Waals surface area contributed by atoms with Gasteiger partial charge in [-0.15, -0.1) is 0 Å². The molecule has 1 aliphatic carbocycles. The number of hydrogen-bond acceptors (Lipinski definition) is 2. The van der Waals surface area contributed by atoms with Crippen molar-refractivity contribution in [2.24, 2.45) is 0 Å². The standard InChI is InChI=1S/C17H17Cl2NO2S/c18-15-8-4-9-16(19)14(15)11-23(21,22)20-17-10-3-6-12-5-1-2-7-13(12)17/h1-2,4-5,7-9,17,20H,3,6,10-11H2/t17-/m0/s1. The van der Waals surface area contributed by atoms with Crippen LogP contribution in [0.15, 0.2) is 42.5 Å². The zero-order valence-electron chi connectivity index (χ0n) is 12.4. The minimum Gasteiger partial charge on any atom is -0.212 e. The highest BCUT2D eigenvalue weighted by molar-refractivity contribution is 7.88. The van der Waals surface area contributed by atoms with Gasteiger partial charge < -0.3 is 0 Å². The Morgan fingerprint density at radius 3 is 2.48 bits per heavy atom. The van der Waals surface area contributed by atoms with Gasteiger partial charge in [0.05, 0.1) is 5.75 Å². The molecule has 0 bridgehead atoms. The maximum Gasteiger partial charge on any atom is 0.216 e. The van der Waals surface area contributed by atoms with Gasteiger partial charge in [-0.25, -0.2) is 13.1 Å². The van der Waals surface area contributed by atoms with Gasteiger partial charge in [-0.05, 0) is 42.5 Å². The van der Waals surface area contributed by atoms with Crippen LogP contribution in [-0.4, -0.2) is 8.42 Å². The van der Waals surface area contributed by atoms with E-state index < -0.39 is 10.0 Å². The van der Waals surface area contributed by atoms with E-state index in [0.717, 1.165) is 24.8 Å². The molecular weight excluding hydrogens is 353 g/mol. The molecule has 23 heavy (non-hydrogen) atoms. The summed E-state index contributed by atoms with van der Waals surface area (Å²) in [5, 5.41) is 0.735. The highest BCUT2D eigenvalue weighted by Crippen LogP contribution is 2.31. The Hall–Kier alpha value is -1.07. The molecule has 0 aliphatic heterocycles. The number of sulfonamides is 1. The summed E-state index contributed by atoms with van der Waals surface area (Å²) in [7, 11) is -3.54. The molecule has 1 N–H and O–H groups in total. The minimum absolute atomic E-state index is 0.189. The third-order valence-electron chi connectivity index (χ3n) is 4.09. The van der Waals surface area contributed by atoms with E-state index in [2.05, 4.69) is 10.8 Å². The maximum absolute atomic E-state index is 12.6. The van der Waals surface area contributed by atoms with E-state index in [1.165, 1.54) is 5.56 Å². The molecule has 0 saturated heterocycles. The molecule has 0 aromatic heterocycles. The lowest BCUT2D eigenvalue weighted by Gasteiger charge is -2.26. The van der Waals surface area contributed by atoms with Crippen LogP contribution in [0.4, 0.5) is 0 Å². The normalized spacial score (nSPS) is 17.7. The van der Waals surface area contributed by atoms with Gasteiger partial charge in [0.1, 0.15) is 0 Å². The van der Waals surface area contributed by atoms with Crippen LogP contribution in [-0.2, 0) is 22.2 Å². The van der Waals surface area contributed by atoms with Crippen LogP contribution in [0.1, 0.15) is 35.6 Å². The Morgan fingerprint density at radius 2 is 1.74 bits per heavy atom. The van der Waals surface area contributed by atoms with Crippen LogP contribution in [0.3, 0.4) is 0 Å². The Balaban J connectivity index is 1.83. The average molecular weight is 370 g/mol. The number of hydrogen-bond donors (Lipinski definition) is 1. The van der Waals surface area contributed by atoms with Crippen LogP contribution < -0.4 is 4.72 Å². The molecule has 1 atom stereocenters. The second-order valence-electron chi connectivity index (χ2n) is 5.72. The summed E-state index contributed by atoms with van der Waals surface area (Å²) >= 11 is 12.2. The van der Waals surface area contributed by atoms with E-state index in [-0.39, 0.29) is 11.8 Å². The largest absolute Gasteiger partial charge is 0.216 e. The molecule has 0 amide bonds. The number of nitrogens with one attached hydrogen (secondary N) is 1. The van der Waals surface area contributed by atoms with E-state index in [9.17, 15) is 8.42 Å². The van der Waals surface area contributed by atoms with E-state index in [0.29, 0.717) is 15.6 Å². The van der Waals surface area contributed by atoms with Gasteiger partial charge in [0.15, 0.2) is 0 Å². The predicted molar refractivity (Wildman–Crippen MR) is 94.3 cm³/mol. The van der Waals surface area contributed by atoms with Gasteiger partial charge in [-0.2, -0.15) is 0 Å². The SMILES string of the molecule is O=S(=O)(Cc1c(Cl)cccc1Cl)N[C@H]1CCCc2ccccc21. The first-order chi connectivity index (χ1) is 11.0. The fraction of sp³-hybridized carbons (Fsp3) is 0.294. The Kier molecular flexibility index (Phi) is 4.97. The number of halogens is 2. The first kappa shape index (κ1) is 16.8. The van der Waals surface area contributed by atoms with Crippen LogP contribution >= 0.6 is 23.2 Å². The monoisotopic (exact) mass is 369 g/mol. The van der Waals surface area contributed by atoms with Crippen molar-refractivity contribution in [3.63, 3.8) is 0 Å². The quantitative estimate of drug-likeness (QED) is 0.862. The Labute approximate surface area is 146 Å². The van der Waals surface area contributed by atoms with Crippen LogP contribution in [0.5, 0.6) is 0 Å². The first-order valence-corrected chi connectivity index (χ1v) is 9.88. The van der Waals surface area contributed by atoms with Gasteiger partial charge in [0.25, 0.3) is 0 Å². The summed E-state index contributed by atoms with van der Waals surface area (Å²) in [5.41, 5.74) is 2.71. The fourth-order valence-corrected chi connectivity index (χ4v) is 5.14. The van der Waals surface area contributed by atoms with Crippen molar-refractivity contribution in [1.29, 1.82) is 0 Å². The van der Waals surface area contributed by atoms with E-state index >= 15 is 0 Å². The zero-order chi connectivity index (χ0) is 16.4. The van der Waals surface area contributed by atoms with Gasteiger partial charge in [-0.1, -0.05) is 53.5 Å².